The van der Waals surface area contributed by atoms with Gasteiger partial charge in [-0.3, -0.25) is 4.79 Å². The summed E-state index contributed by atoms with van der Waals surface area (Å²) in [6.07, 6.45) is 6.35. The minimum Gasteiger partial charge on any atom is -0.481 e. The highest BCUT2D eigenvalue weighted by Gasteiger charge is 2.27. The third-order valence-electron chi connectivity index (χ3n) is 6.08. The average molecular weight is 377 g/mol. The summed E-state index contributed by atoms with van der Waals surface area (Å²) in [6.45, 7) is 2.25. The molecule has 0 saturated heterocycles. The molecule has 1 fully saturated rings. The number of aromatic amines is 1. The van der Waals surface area contributed by atoms with Crippen molar-refractivity contribution >= 4 is 16.9 Å². The molecule has 0 spiro atoms. The van der Waals surface area contributed by atoms with Gasteiger partial charge in [-0.1, -0.05) is 42.5 Å². The van der Waals surface area contributed by atoms with Crippen LogP contribution in [0.2, 0.25) is 0 Å². The lowest BCUT2D eigenvalue weighted by molar-refractivity contribution is -0.136. The molecule has 4 nitrogen and oxygen atoms in total. The van der Waals surface area contributed by atoms with Gasteiger partial charge in [0.25, 0.3) is 0 Å². The van der Waals surface area contributed by atoms with Gasteiger partial charge in [0.15, 0.2) is 0 Å². The molecule has 2 aromatic carbocycles. The number of aromatic nitrogens is 1. The van der Waals surface area contributed by atoms with Crippen molar-refractivity contribution in [2.24, 2.45) is 0 Å². The van der Waals surface area contributed by atoms with E-state index in [-0.39, 0.29) is 6.42 Å². The third kappa shape index (κ3) is 4.12. The highest BCUT2D eigenvalue weighted by atomic mass is 16.4. The molecule has 3 aromatic rings. The zero-order valence-corrected chi connectivity index (χ0v) is 16.3. The van der Waals surface area contributed by atoms with Crippen LogP contribution in [0.1, 0.15) is 61.3 Å². The lowest BCUT2D eigenvalue weighted by Gasteiger charge is -2.21. The SMILES string of the molecule is CC(NC1CC[C@H](c2ccc(CCC(=O)O)cc2)C1)c1cccc2cc[nH]c12. The Morgan fingerprint density at radius 1 is 1.18 bits per heavy atom. The summed E-state index contributed by atoms with van der Waals surface area (Å²) < 4.78 is 0. The quantitative estimate of drug-likeness (QED) is 0.533. The van der Waals surface area contributed by atoms with E-state index >= 15 is 0 Å². The molecule has 1 saturated carbocycles. The van der Waals surface area contributed by atoms with E-state index in [1.165, 1.54) is 34.9 Å². The van der Waals surface area contributed by atoms with E-state index in [4.69, 9.17) is 5.11 Å². The van der Waals surface area contributed by atoms with Crippen LogP contribution in [0, 0.1) is 0 Å². The Labute approximate surface area is 166 Å². The van der Waals surface area contributed by atoms with Crippen LogP contribution < -0.4 is 5.32 Å². The lowest BCUT2D eigenvalue weighted by Crippen LogP contribution is -2.29. The summed E-state index contributed by atoms with van der Waals surface area (Å²) in [4.78, 5) is 14.1. The Hall–Kier alpha value is -2.59. The number of benzene rings is 2. The molecule has 3 atom stereocenters. The largest absolute Gasteiger partial charge is 0.481 e. The van der Waals surface area contributed by atoms with Gasteiger partial charge >= 0.3 is 5.97 Å². The molecule has 1 aliphatic carbocycles. The van der Waals surface area contributed by atoms with Crippen LogP contribution in [0.25, 0.3) is 10.9 Å². The highest BCUT2D eigenvalue weighted by molar-refractivity contribution is 5.82. The fourth-order valence-corrected chi connectivity index (χ4v) is 4.56. The predicted octanol–water partition coefficient (Wildman–Crippen LogP) is 5.17. The molecule has 4 heteroatoms. The number of nitrogens with one attached hydrogen (secondary N) is 2. The van der Waals surface area contributed by atoms with Crippen LogP contribution in [0.15, 0.2) is 54.7 Å². The van der Waals surface area contributed by atoms with Gasteiger partial charge < -0.3 is 15.4 Å². The third-order valence-corrected chi connectivity index (χ3v) is 6.08. The maximum atomic E-state index is 10.7. The molecule has 3 N–H and O–H groups in total. The minimum atomic E-state index is -0.738. The molecule has 1 aromatic heterocycles. The normalized spacial score (nSPS) is 20.5. The van der Waals surface area contributed by atoms with Gasteiger partial charge in [-0.25, -0.2) is 0 Å². The predicted molar refractivity (Wildman–Crippen MR) is 113 cm³/mol. The van der Waals surface area contributed by atoms with E-state index in [1.807, 2.05) is 6.20 Å². The topological polar surface area (TPSA) is 65.1 Å². The zero-order valence-electron chi connectivity index (χ0n) is 16.3. The Balaban J connectivity index is 1.36. The molecule has 0 aliphatic heterocycles. The van der Waals surface area contributed by atoms with Crippen LogP contribution >= 0.6 is 0 Å². The van der Waals surface area contributed by atoms with Gasteiger partial charge in [-0.05, 0) is 66.7 Å². The summed E-state index contributed by atoms with van der Waals surface area (Å²) in [5.74, 6) is -0.155. The Morgan fingerprint density at radius 3 is 2.79 bits per heavy atom. The number of para-hydroxylation sites is 1. The van der Waals surface area contributed by atoms with Crippen molar-refractivity contribution in [3.05, 3.63) is 71.4 Å². The summed E-state index contributed by atoms with van der Waals surface area (Å²) in [7, 11) is 0. The molecule has 28 heavy (non-hydrogen) atoms. The molecule has 1 aliphatic rings. The zero-order chi connectivity index (χ0) is 19.5. The minimum absolute atomic E-state index is 0.195. The second-order valence-corrected chi connectivity index (χ2v) is 8.02. The first kappa shape index (κ1) is 18.8. The van der Waals surface area contributed by atoms with Gasteiger partial charge in [0.05, 0.1) is 5.52 Å². The maximum absolute atomic E-state index is 10.7. The van der Waals surface area contributed by atoms with Crippen molar-refractivity contribution in [2.75, 3.05) is 0 Å². The van der Waals surface area contributed by atoms with E-state index in [0.29, 0.717) is 24.4 Å². The first-order chi connectivity index (χ1) is 13.6. The first-order valence-electron chi connectivity index (χ1n) is 10.2. The lowest BCUT2D eigenvalue weighted by atomic mass is 9.95. The van der Waals surface area contributed by atoms with Crippen molar-refractivity contribution in [1.82, 2.24) is 10.3 Å². The van der Waals surface area contributed by atoms with E-state index in [1.54, 1.807) is 0 Å². The molecule has 1 heterocycles. The second-order valence-electron chi connectivity index (χ2n) is 8.02. The first-order valence-corrected chi connectivity index (χ1v) is 10.2. The highest BCUT2D eigenvalue weighted by Crippen LogP contribution is 2.36. The number of carboxylic acid groups (broad SMARTS) is 1. The summed E-state index contributed by atoms with van der Waals surface area (Å²) >= 11 is 0. The van der Waals surface area contributed by atoms with Gasteiger partial charge in [0, 0.05) is 24.7 Å². The van der Waals surface area contributed by atoms with Crippen LogP contribution in [-0.2, 0) is 11.2 Å². The van der Waals surface area contributed by atoms with Crippen LogP contribution in [-0.4, -0.2) is 22.1 Å². The molecular weight excluding hydrogens is 348 g/mol. The van der Waals surface area contributed by atoms with Gasteiger partial charge in [0.2, 0.25) is 0 Å². The number of hydrogen-bond donors (Lipinski definition) is 3. The van der Waals surface area contributed by atoms with Crippen molar-refractivity contribution in [2.45, 2.75) is 57.0 Å². The van der Waals surface area contributed by atoms with Crippen molar-refractivity contribution in [3.8, 4) is 0 Å². The van der Waals surface area contributed by atoms with Crippen LogP contribution in [0.5, 0.6) is 0 Å². The molecule has 0 amide bonds. The van der Waals surface area contributed by atoms with E-state index < -0.39 is 5.97 Å². The standard InChI is InChI=1S/C24H28N2O2/c1-16(22-4-2-3-19-13-14-25-24(19)22)26-21-11-10-20(15-21)18-8-5-17(6-9-18)7-12-23(27)28/h2-6,8-9,13-14,16,20-21,25-26H,7,10-12,15H2,1H3,(H,27,28)/t16?,20-,21?/m0/s1. The number of aliphatic carboxylic acids is 1. The summed E-state index contributed by atoms with van der Waals surface area (Å²) in [5.41, 5.74) is 5.04. The van der Waals surface area contributed by atoms with Gasteiger partial charge in [-0.2, -0.15) is 0 Å². The van der Waals surface area contributed by atoms with E-state index in [0.717, 1.165) is 12.0 Å². The number of rotatable bonds is 7. The molecule has 4 rings (SSSR count). The fraction of sp³-hybridized carbons (Fsp3) is 0.375. The Kier molecular flexibility index (Phi) is 5.49. The van der Waals surface area contributed by atoms with Crippen molar-refractivity contribution < 1.29 is 9.90 Å². The molecular formula is C24H28N2O2. The number of carbonyl (C=O) groups is 1. The number of H-pyrrole nitrogens is 1. The van der Waals surface area contributed by atoms with Crippen molar-refractivity contribution in [1.29, 1.82) is 0 Å². The second kappa shape index (κ2) is 8.19. The van der Waals surface area contributed by atoms with E-state index in [2.05, 4.69) is 65.8 Å². The summed E-state index contributed by atoms with van der Waals surface area (Å²) in [6, 6.07) is 18.0. The van der Waals surface area contributed by atoms with Crippen LogP contribution in [0.4, 0.5) is 0 Å². The Bertz CT molecular complexity index is 945. The Morgan fingerprint density at radius 2 is 2.00 bits per heavy atom. The smallest absolute Gasteiger partial charge is 0.303 e. The van der Waals surface area contributed by atoms with Crippen molar-refractivity contribution in [3.63, 3.8) is 0 Å². The maximum Gasteiger partial charge on any atom is 0.303 e. The van der Waals surface area contributed by atoms with Gasteiger partial charge in [-0.15, -0.1) is 0 Å². The number of aryl methyl sites for hydroxylation is 1. The van der Waals surface area contributed by atoms with E-state index in [9.17, 15) is 4.79 Å². The number of hydrogen-bond acceptors (Lipinski definition) is 2. The van der Waals surface area contributed by atoms with Gasteiger partial charge in [0.1, 0.15) is 0 Å². The number of carboxylic acids is 1. The molecule has 2 unspecified atom stereocenters. The fourth-order valence-electron chi connectivity index (χ4n) is 4.56. The average Bonchev–Trinajstić information content (AvgIpc) is 3.35. The molecule has 146 valence electrons. The van der Waals surface area contributed by atoms with Crippen LogP contribution in [0.3, 0.4) is 0 Å². The molecule has 0 radical (unpaired) electrons. The monoisotopic (exact) mass is 376 g/mol. The summed E-state index contributed by atoms with van der Waals surface area (Å²) in [5, 5.41) is 13.9. The molecule has 0 bridgehead atoms. The number of fused-ring (bicyclic) bond motifs is 1.